The summed E-state index contributed by atoms with van der Waals surface area (Å²) in [7, 11) is -3.65. The monoisotopic (exact) mass is 469 g/mol. The predicted octanol–water partition coefficient (Wildman–Crippen LogP) is 3.79. The van der Waals surface area contributed by atoms with Crippen LogP contribution >= 0.6 is 0 Å². The van der Waals surface area contributed by atoms with Crippen molar-refractivity contribution in [3.63, 3.8) is 0 Å². The van der Waals surface area contributed by atoms with E-state index >= 15 is 0 Å². The van der Waals surface area contributed by atoms with Gasteiger partial charge in [0.1, 0.15) is 0 Å². The molecule has 2 aliphatic rings. The van der Waals surface area contributed by atoms with Crippen LogP contribution in [0.1, 0.15) is 55.3 Å². The van der Waals surface area contributed by atoms with Crippen LogP contribution in [0.2, 0.25) is 0 Å². The van der Waals surface area contributed by atoms with Crippen molar-refractivity contribution in [1.29, 1.82) is 0 Å². The van der Waals surface area contributed by atoms with E-state index in [1.165, 1.54) is 10.7 Å². The van der Waals surface area contributed by atoms with Crippen LogP contribution in [0.3, 0.4) is 0 Å². The normalized spacial score (nSPS) is 20.2. The highest BCUT2D eigenvalue weighted by atomic mass is 32.2. The van der Waals surface area contributed by atoms with Gasteiger partial charge < -0.3 is 10.6 Å². The van der Waals surface area contributed by atoms with Gasteiger partial charge in [0, 0.05) is 19.1 Å². The average molecular weight is 470 g/mol. The molecule has 0 spiro atoms. The molecule has 1 saturated heterocycles. The Kier molecular flexibility index (Phi) is 7.45. The van der Waals surface area contributed by atoms with Gasteiger partial charge in [-0.25, -0.2) is 8.42 Å². The number of nitrogens with one attached hydrogen (secondary N) is 2. The molecule has 2 fully saturated rings. The number of benzene rings is 2. The van der Waals surface area contributed by atoms with Gasteiger partial charge in [-0.15, -0.1) is 0 Å². The van der Waals surface area contributed by atoms with E-state index in [0.29, 0.717) is 30.6 Å². The summed E-state index contributed by atoms with van der Waals surface area (Å²) in [6.07, 6.45) is 6.61. The Morgan fingerprint density at radius 1 is 0.848 bits per heavy atom. The molecule has 0 aromatic heterocycles. The standard InChI is InChI=1S/C25H31N3O4S/c29-24(19-10-9-17-28(18-19)33(31,32)21-13-5-2-6-14-21)27-23-16-8-7-15-22(23)25(30)26-20-11-3-1-4-12-20/h2,5-8,13-16,19-20H,1,3-4,9-12,17-18H2,(H,26,30)(H,27,29). The zero-order valence-corrected chi connectivity index (χ0v) is 19.5. The summed E-state index contributed by atoms with van der Waals surface area (Å²) in [5.74, 6) is -0.928. The number of rotatable bonds is 6. The molecule has 1 unspecified atom stereocenters. The summed E-state index contributed by atoms with van der Waals surface area (Å²) < 4.78 is 27.4. The van der Waals surface area contributed by atoms with Gasteiger partial charge >= 0.3 is 0 Å². The Morgan fingerprint density at radius 2 is 1.55 bits per heavy atom. The van der Waals surface area contributed by atoms with Crippen molar-refractivity contribution in [2.45, 2.75) is 55.9 Å². The van der Waals surface area contributed by atoms with Gasteiger partial charge in [-0.1, -0.05) is 49.6 Å². The third kappa shape index (κ3) is 5.62. The molecule has 0 radical (unpaired) electrons. The van der Waals surface area contributed by atoms with Crippen LogP contribution in [-0.4, -0.2) is 43.7 Å². The fraction of sp³-hybridized carbons (Fsp3) is 0.440. The van der Waals surface area contributed by atoms with E-state index in [2.05, 4.69) is 10.6 Å². The topological polar surface area (TPSA) is 95.6 Å². The molecule has 0 bridgehead atoms. The number of carbonyl (C=O) groups excluding carboxylic acids is 2. The average Bonchev–Trinajstić information content (AvgIpc) is 2.85. The first-order valence-electron chi connectivity index (χ1n) is 11.7. The minimum Gasteiger partial charge on any atom is -0.349 e. The number of piperidine rings is 1. The van der Waals surface area contributed by atoms with Gasteiger partial charge in [0.15, 0.2) is 0 Å². The van der Waals surface area contributed by atoms with Crippen LogP contribution in [0.25, 0.3) is 0 Å². The highest BCUT2D eigenvalue weighted by molar-refractivity contribution is 7.89. The molecule has 2 aromatic carbocycles. The van der Waals surface area contributed by atoms with Crippen LogP contribution in [0.15, 0.2) is 59.5 Å². The van der Waals surface area contributed by atoms with Crippen LogP contribution < -0.4 is 10.6 Å². The molecule has 2 aromatic rings. The van der Waals surface area contributed by atoms with E-state index in [4.69, 9.17) is 0 Å². The van der Waals surface area contributed by atoms with Crippen LogP contribution in [0.4, 0.5) is 5.69 Å². The second-order valence-corrected chi connectivity index (χ2v) is 10.8. The Labute approximate surface area is 195 Å². The first kappa shape index (κ1) is 23.4. The zero-order chi connectivity index (χ0) is 23.3. The van der Waals surface area contributed by atoms with Gasteiger partial charge in [0.2, 0.25) is 15.9 Å². The van der Waals surface area contributed by atoms with E-state index in [1.54, 1.807) is 54.6 Å². The van der Waals surface area contributed by atoms with Crippen molar-refractivity contribution in [2.75, 3.05) is 18.4 Å². The fourth-order valence-corrected chi connectivity index (χ4v) is 6.20. The number of hydrogen-bond acceptors (Lipinski definition) is 4. The number of para-hydroxylation sites is 1. The first-order chi connectivity index (χ1) is 15.9. The molecule has 8 heteroatoms. The molecular weight excluding hydrogens is 438 g/mol. The smallest absolute Gasteiger partial charge is 0.253 e. The number of anilines is 1. The van der Waals surface area contributed by atoms with Crippen LogP contribution in [0.5, 0.6) is 0 Å². The Balaban J connectivity index is 1.43. The Bertz CT molecular complexity index is 1080. The summed E-state index contributed by atoms with van der Waals surface area (Å²) in [5.41, 5.74) is 0.889. The van der Waals surface area contributed by atoms with Crippen molar-refractivity contribution < 1.29 is 18.0 Å². The summed E-state index contributed by atoms with van der Waals surface area (Å²) in [6, 6.07) is 15.4. The quantitative estimate of drug-likeness (QED) is 0.673. The summed E-state index contributed by atoms with van der Waals surface area (Å²) in [4.78, 5) is 26.2. The highest BCUT2D eigenvalue weighted by Gasteiger charge is 2.33. The lowest BCUT2D eigenvalue weighted by molar-refractivity contribution is -0.120. The molecule has 1 aliphatic heterocycles. The molecular formula is C25H31N3O4S. The van der Waals surface area contributed by atoms with Gasteiger partial charge in [0.05, 0.1) is 22.1 Å². The molecule has 7 nitrogen and oxygen atoms in total. The van der Waals surface area contributed by atoms with E-state index < -0.39 is 15.9 Å². The van der Waals surface area contributed by atoms with E-state index in [0.717, 1.165) is 25.7 Å². The maximum absolute atomic E-state index is 13.1. The lowest BCUT2D eigenvalue weighted by Crippen LogP contribution is -2.43. The highest BCUT2D eigenvalue weighted by Crippen LogP contribution is 2.26. The Hall–Kier alpha value is -2.71. The van der Waals surface area contributed by atoms with Gasteiger partial charge in [0.25, 0.3) is 5.91 Å². The second-order valence-electron chi connectivity index (χ2n) is 8.86. The summed E-state index contributed by atoms with van der Waals surface area (Å²) in [6.45, 7) is 0.515. The number of hydrogen-bond donors (Lipinski definition) is 2. The molecule has 2 N–H and O–H groups in total. The lowest BCUT2D eigenvalue weighted by Gasteiger charge is -2.31. The second kappa shape index (κ2) is 10.5. The summed E-state index contributed by atoms with van der Waals surface area (Å²) >= 11 is 0. The maximum Gasteiger partial charge on any atom is 0.253 e. The fourth-order valence-electron chi connectivity index (χ4n) is 4.65. The van der Waals surface area contributed by atoms with Crippen molar-refractivity contribution in [1.82, 2.24) is 9.62 Å². The van der Waals surface area contributed by atoms with Gasteiger partial charge in [-0.2, -0.15) is 4.31 Å². The van der Waals surface area contributed by atoms with E-state index in [9.17, 15) is 18.0 Å². The number of nitrogens with zero attached hydrogens (tertiary/aromatic N) is 1. The molecule has 1 aliphatic carbocycles. The van der Waals surface area contributed by atoms with Crippen molar-refractivity contribution in [3.05, 3.63) is 60.2 Å². The lowest BCUT2D eigenvalue weighted by atomic mass is 9.95. The molecule has 176 valence electrons. The largest absolute Gasteiger partial charge is 0.349 e. The first-order valence-corrected chi connectivity index (χ1v) is 13.1. The molecule has 1 atom stereocenters. The molecule has 1 heterocycles. The maximum atomic E-state index is 13.1. The van der Waals surface area contributed by atoms with Crippen molar-refractivity contribution in [2.24, 2.45) is 5.92 Å². The number of carbonyl (C=O) groups is 2. The SMILES string of the molecule is O=C(NC1CCCCC1)c1ccccc1NC(=O)C1CCCN(S(=O)(=O)c2ccccc2)C1. The molecule has 2 amide bonds. The summed E-state index contributed by atoms with van der Waals surface area (Å²) in [5, 5.41) is 5.98. The minimum atomic E-state index is -3.65. The van der Waals surface area contributed by atoms with Crippen molar-refractivity contribution in [3.8, 4) is 0 Å². The molecule has 33 heavy (non-hydrogen) atoms. The van der Waals surface area contributed by atoms with Crippen LogP contribution in [0, 0.1) is 5.92 Å². The third-order valence-corrected chi connectivity index (χ3v) is 8.39. The van der Waals surface area contributed by atoms with Gasteiger partial charge in [-0.05, 0) is 49.9 Å². The molecule has 1 saturated carbocycles. The number of sulfonamides is 1. The zero-order valence-electron chi connectivity index (χ0n) is 18.7. The third-order valence-electron chi connectivity index (χ3n) is 6.51. The molecule has 4 rings (SSSR count). The Morgan fingerprint density at radius 3 is 2.30 bits per heavy atom. The van der Waals surface area contributed by atoms with E-state index in [-0.39, 0.29) is 29.3 Å². The van der Waals surface area contributed by atoms with Crippen LogP contribution in [-0.2, 0) is 14.8 Å². The predicted molar refractivity (Wildman–Crippen MR) is 127 cm³/mol. The van der Waals surface area contributed by atoms with E-state index in [1.807, 2.05) is 0 Å². The number of amides is 2. The minimum absolute atomic E-state index is 0.125. The van der Waals surface area contributed by atoms with Gasteiger partial charge in [-0.3, -0.25) is 9.59 Å². The van der Waals surface area contributed by atoms with Crippen molar-refractivity contribution >= 4 is 27.5 Å².